The van der Waals surface area contributed by atoms with Gasteiger partial charge in [-0.15, -0.1) is 0 Å². The molecule has 1 aliphatic carbocycles. The number of nitrogens with one attached hydrogen (secondary N) is 3. The van der Waals surface area contributed by atoms with Crippen molar-refractivity contribution in [2.75, 3.05) is 5.32 Å². The molecule has 2 heterocycles. The molecule has 0 unspecified atom stereocenters. The number of rotatable bonds is 3. The second-order valence-electron chi connectivity index (χ2n) is 5.74. The van der Waals surface area contributed by atoms with Crippen LogP contribution in [0.1, 0.15) is 11.1 Å². The number of halogens is 2. The molecule has 0 fully saturated rings. The van der Waals surface area contributed by atoms with E-state index >= 15 is 0 Å². The number of hydrogen-bond acceptors (Lipinski definition) is 4. The Morgan fingerprint density at radius 2 is 1.71 bits per heavy atom. The maximum absolute atomic E-state index is 13.3. The van der Waals surface area contributed by atoms with E-state index in [1.165, 1.54) is 12.1 Å². The molecule has 3 aromatic rings. The Balaban J connectivity index is 1.48. The highest BCUT2D eigenvalue weighted by Crippen LogP contribution is 2.26. The zero-order valence-electron chi connectivity index (χ0n) is 12.4. The Bertz CT molecular complexity index is 917. The van der Waals surface area contributed by atoms with E-state index in [2.05, 4.69) is 25.3 Å². The summed E-state index contributed by atoms with van der Waals surface area (Å²) in [4.78, 5) is 24.7. The van der Waals surface area contributed by atoms with Gasteiger partial charge in [-0.1, -0.05) is 0 Å². The second kappa shape index (κ2) is 5.55. The summed E-state index contributed by atoms with van der Waals surface area (Å²) in [5, 5.41) is 3.16. The molecule has 3 N–H and O–H groups in total. The smallest absolute Gasteiger partial charge is 0.323 e. The summed E-state index contributed by atoms with van der Waals surface area (Å²) in [6.45, 7) is 0. The van der Waals surface area contributed by atoms with Crippen molar-refractivity contribution in [2.45, 2.75) is 18.9 Å². The van der Waals surface area contributed by atoms with Gasteiger partial charge in [0, 0.05) is 30.2 Å². The minimum absolute atomic E-state index is 0.0147. The molecule has 0 radical (unpaired) electrons. The summed E-state index contributed by atoms with van der Waals surface area (Å²) < 4.78 is 26.6. The van der Waals surface area contributed by atoms with Crippen molar-refractivity contribution in [3.63, 3.8) is 0 Å². The molecule has 122 valence electrons. The van der Waals surface area contributed by atoms with E-state index in [4.69, 9.17) is 0 Å². The number of benzene rings is 1. The number of fused-ring (bicyclic) bond motifs is 1. The van der Waals surface area contributed by atoms with Crippen molar-refractivity contribution in [3.8, 4) is 11.3 Å². The van der Waals surface area contributed by atoms with Gasteiger partial charge in [-0.2, -0.15) is 0 Å². The van der Waals surface area contributed by atoms with Gasteiger partial charge >= 0.3 is 5.69 Å². The first-order valence-electron chi connectivity index (χ1n) is 7.42. The van der Waals surface area contributed by atoms with Gasteiger partial charge in [0.15, 0.2) is 11.6 Å². The Hall–Kier alpha value is -3.03. The van der Waals surface area contributed by atoms with Crippen LogP contribution < -0.4 is 11.0 Å². The third-order valence-corrected chi connectivity index (χ3v) is 4.07. The molecular weight excluding hydrogens is 316 g/mol. The average molecular weight is 329 g/mol. The van der Waals surface area contributed by atoms with Crippen LogP contribution in [0.15, 0.2) is 35.5 Å². The van der Waals surface area contributed by atoms with E-state index < -0.39 is 11.6 Å². The van der Waals surface area contributed by atoms with E-state index in [0.717, 1.165) is 11.1 Å². The first-order valence-corrected chi connectivity index (χ1v) is 7.42. The van der Waals surface area contributed by atoms with E-state index in [1.54, 1.807) is 18.6 Å². The minimum atomic E-state index is -0.824. The lowest BCUT2D eigenvalue weighted by molar-refractivity contribution is 0.507. The van der Waals surface area contributed by atoms with Gasteiger partial charge in [-0.25, -0.2) is 23.5 Å². The molecule has 0 saturated carbocycles. The van der Waals surface area contributed by atoms with Gasteiger partial charge in [-0.05, 0) is 36.1 Å². The van der Waals surface area contributed by atoms with E-state index in [0.29, 0.717) is 30.0 Å². The fourth-order valence-corrected chi connectivity index (χ4v) is 2.93. The van der Waals surface area contributed by atoms with Gasteiger partial charge < -0.3 is 15.3 Å². The lowest BCUT2D eigenvalue weighted by Crippen LogP contribution is -2.20. The number of anilines is 1. The lowest BCUT2D eigenvalue weighted by atomic mass is 10.1. The summed E-state index contributed by atoms with van der Waals surface area (Å²) in [6, 6.07) is 2.48. The third-order valence-electron chi connectivity index (χ3n) is 4.07. The molecular formula is C16H13F2N5O. The van der Waals surface area contributed by atoms with Crippen LogP contribution in [0.2, 0.25) is 0 Å². The van der Waals surface area contributed by atoms with Gasteiger partial charge in [0.05, 0.1) is 5.69 Å². The molecule has 8 heteroatoms. The van der Waals surface area contributed by atoms with Crippen LogP contribution in [0.25, 0.3) is 11.3 Å². The van der Waals surface area contributed by atoms with Gasteiger partial charge in [0.2, 0.25) is 5.95 Å². The Labute approximate surface area is 135 Å². The van der Waals surface area contributed by atoms with Crippen LogP contribution in [-0.4, -0.2) is 26.0 Å². The number of imidazole rings is 1. The normalized spacial score (nSPS) is 13.9. The molecule has 1 aromatic carbocycles. The standard InChI is InChI=1S/C16H13F2N5O/c17-12-3-8-1-11(2-9(8)4-13(12)18)22-15-19-5-10(6-20-15)14-7-21-16(24)23-14/h3-7,11H,1-2H2,(H,19,20,22)(H2,21,23,24). The van der Waals surface area contributed by atoms with Crippen LogP contribution in [-0.2, 0) is 12.8 Å². The third kappa shape index (κ3) is 2.66. The number of H-pyrrole nitrogens is 2. The highest BCUT2D eigenvalue weighted by molar-refractivity contribution is 5.56. The zero-order chi connectivity index (χ0) is 16.7. The fraction of sp³-hybridized carbons (Fsp3) is 0.188. The minimum Gasteiger partial charge on any atom is -0.351 e. The number of hydrogen-bond donors (Lipinski definition) is 3. The molecule has 0 spiro atoms. The predicted molar refractivity (Wildman–Crippen MR) is 83.6 cm³/mol. The molecule has 1 aliphatic rings. The van der Waals surface area contributed by atoms with E-state index in [-0.39, 0.29) is 11.7 Å². The summed E-state index contributed by atoms with van der Waals surface area (Å²) in [5.41, 5.74) is 2.58. The highest BCUT2D eigenvalue weighted by Gasteiger charge is 2.24. The first kappa shape index (κ1) is 14.6. The maximum Gasteiger partial charge on any atom is 0.323 e. The van der Waals surface area contributed by atoms with Crippen LogP contribution in [0.4, 0.5) is 14.7 Å². The number of aromatic amines is 2. The zero-order valence-corrected chi connectivity index (χ0v) is 12.4. The van der Waals surface area contributed by atoms with Crippen molar-refractivity contribution < 1.29 is 8.78 Å². The highest BCUT2D eigenvalue weighted by atomic mass is 19.2. The number of nitrogens with zero attached hydrogens (tertiary/aromatic N) is 2. The topological polar surface area (TPSA) is 86.5 Å². The molecule has 0 saturated heterocycles. The molecule has 0 amide bonds. The van der Waals surface area contributed by atoms with Gasteiger partial charge in [0.1, 0.15) is 0 Å². The second-order valence-corrected chi connectivity index (χ2v) is 5.74. The molecule has 0 aliphatic heterocycles. The first-order chi connectivity index (χ1) is 11.6. The molecule has 24 heavy (non-hydrogen) atoms. The van der Waals surface area contributed by atoms with Crippen LogP contribution in [0, 0.1) is 11.6 Å². The maximum atomic E-state index is 13.3. The monoisotopic (exact) mass is 329 g/mol. The fourth-order valence-electron chi connectivity index (χ4n) is 2.93. The summed E-state index contributed by atoms with van der Waals surface area (Å²) in [5.74, 6) is -1.22. The Kier molecular flexibility index (Phi) is 3.37. The van der Waals surface area contributed by atoms with Crippen molar-refractivity contribution in [3.05, 3.63) is 64.0 Å². The SMILES string of the molecule is O=c1[nH]cc(-c2cnc(NC3Cc4cc(F)c(F)cc4C3)nc2)[nH]1. The molecule has 0 atom stereocenters. The van der Waals surface area contributed by atoms with Crippen molar-refractivity contribution in [2.24, 2.45) is 0 Å². The van der Waals surface area contributed by atoms with Gasteiger partial charge in [0.25, 0.3) is 0 Å². The molecule has 4 rings (SSSR count). The average Bonchev–Trinajstić information content (AvgIpc) is 3.14. The van der Waals surface area contributed by atoms with Crippen molar-refractivity contribution in [1.29, 1.82) is 0 Å². The lowest BCUT2D eigenvalue weighted by Gasteiger charge is -2.11. The van der Waals surface area contributed by atoms with Crippen LogP contribution in [0.3, 0.4) is 0 Å². The summed E-state index contributed by atoms with van der Waals surface area (Å²) in [6.07, 6.45) is 5.90. The van der Waals surface area contributed by atoms with E-state index in [9.17, 15) is 13.6 Å². The molecule has 6 nitrogen and oxygen atoms in total. The van der Waals surface area contributed by atoms with Crippen molar-refractivity contribution in [1.82, 2.24) is 19.9 Å². The summed E-state index contributed by atoms with van der Waals surface area (Å²) in [7, 11) is 0. The van der Waals surface area contributed by atoms with Crippen LogP contribution >= 0.6 is 0 Å². The molecule has 2 aromatic heterocycles. The van der Waals surface area contributed by atoms with Crippen molar-refractivity contribution >= 4 is 5.95 Å². The quantitative estimate of drug-likeness (QED) is 0.686. The number of aromatic nitrogens is 4. The largest absolute Gasteiger partial charge is 0.351 e. The van der Waals surface area contributed by atoms with Gasteiger partial charge in [-0.3, -0.25) is 0 Å². The molecule has 0 bridgehead atoms. The van der Waals surface area contributed by atoms with E-state index in [1.807, 2.05) is 0 Å². The Morgan fingerprint density at radius 3 is 2.25 bits per heavy atom. The van der Waals surface area contributed by atoms with Crippen LogP contribution in [0.5, 0.6) is 0 Å². The Morgan fingerprint density at radius 1 is 1.08 bits per heavy atom. The summed E-state index contributed by atoms with van der Waals surface area (Å²) >= 11 is 0. The predicted octanol–water partition coefficient (Wildman–Crippen LogP) is 2.02.